The summed E-state index contributed by atoms with van der Waals surface area (Å²) in [6.45, 7) is 3.00. The molecule has 2 rings (SSSR count). The summed E-state index contributed by atoms with van der Waals surface area (Å²) in [4.78, 5) is 4.22. The van der Waals surface area contributed by atoms with E-state index in [2.05, 4.69) is 11.9 Å². The third-order valence-electron chi connectivity index (χ3n) is 2.57. The Labute approximate surface area is 95.4 Å². The molecule has 0 saturated heterocycles. The van der Waals surface area contributed by atoms with Crippen LogP contribution in [-0.2, 0) is 6.54 Å². The van der Waals surface area contributed by atoms with E-state index in [1.807, 2.05) is 41.1 Å². The number of aryl methyl sites for hydroxylation is 1. The fourth-order valence-corrected chi connectivity index (χ4v) is 1.78. The van der Waals surface area contributed by atoms with Crippen molar-refractivity contribution < 1.29 is 5.11 Å². The molecular weight excluding hydrogens is 200 g/mol. The van der Waals surface area contributed by atoms with Gasteiger partial charge in [-0.15, -0.1) is 0 Å². The molecule has 1 atom stereocenters. The van der Waals surface area contributed by atoms with Crippen molar-refractivity contribution in [1.82, 2.24) is 9.55 Å². The number of imidazole rings is 1. The summed E-state index contributed by atoms with van der Waals surface area (Å²) < 4.78 is 2.00. The Bertz CT molecular complexity index is 436. The van der Waals surface area contributed by atoms with Crippen molar-refractivity contribution in [1.29, 1.82) is 0 Å². The number of hydrogen-bond acceptors (Lipinski definition) is 2. The topological polar surface area (TPSA) is 38.0 Å². The largest absolute Gasteiger partial charge is 0.380 e. The van der Waals surface area contributed by atoms with Gasteiger partial charge < -0.3 is 9.67 Å². The third kappa shape index (κ3) is 2.14. The molecule has 1 aromatic carbocycles. The zero-order chi connectivity index (χ0) is 11.4. The van der Waals surface area contributed by atoms with Crippen LogP contribution < -0.4 is 0 Å². The highest BCUT2D eigenvalue weighted by Crippen LogP contribution is 2.20. The number of hydrogen-bond donors (Lipinski definition) is 1. The standard InChI is InChI=1S/C13H16N2O/c1-2-9-15-10-8-14-13(15)12(16)11-6-4-3-5-7-11/h3-8,10,12,16H,2,9H2,1H3. The first-order valence-electron chi connectivity index (χ1n) is 5.57. The first-order valence-corrected chi connectivity index (χ1v) is 5.57. The van der Waals surface area contributed by atoms with Crippen LogP contribution in [-0.4, -0.2) is 14.7 Å². The molecule has 16 heavy (non-hydrogen) atoms. The van der Waals surface area contributed by atoms with Crippen molar-refractivity contribution in [2.75, 3.05) is 0 Å². The van der Waals surface area contributed by atoms with Crippen molar-refractivity contribution in [3.63, 3.8) is 0 Å². The third-order valence-corrected chi connectivity index (χ3v) is 2.57. The SMILES string of the molecule is CCCn1ccnc1C(O)c1ccccc1. The highest BCUT2D eigenvalue weighted by molar-refractivity contribution is 5.22. The maximum absolute atomic E-state index is 10.2. The van der Waals surface area contributed by atoms with Gasteiger partial charge in [0, 0.05) is 18.9 Å². The van der Waals surface area contributed by atoms with Gasteiger partial charge in [-0.05, 0) is 12.0 Å². The van der Waals surface area contributed by atoms with Crippen molar-refractivity contribution in [3.8, 4) is 0 Å². The van der Waals surface area contributed by atoms with Gasteiger partial charge in [0.1, 0.15) is 11.9 Å². The lowest BCUT2D eigenvalue weighted by Gasteiger charge is -2.12. The number of benzene rings is 1. The number of nitrogens with zero attached hydrogens (tertiary/aromatic N) is 2. The minimum Gasteiger partial charge on any atom is -0.380 e. The Kier molecular flexibility index (Phi) is 3.37. The molecule has 1 unspecified atom stereocenters. The van der Waals surface area contributed by atoms with Crippen molar-refractivity contribution in [2.24, 2.45) is 0 Å². The van der Waals surface area contributed by atoms with Gasteiger partial charge in [-0.25, -0.2) is 4.98 Å². The smallest absolute Gasteiger partial charge is 0.142 e. The second kappa shape index (κ2) is 4.94. The summed E-state index contributed by atoms with van der Waals surface area (Å²) in [5.41, 5.74) is 0.881. The van der Waals surface area contributed by atoms with Crippen molar-refractivity contribution in [3.05, 3.63) is 54.1 Å². The molecule has 0 amide bonds. The van der Waals surface area contributed by atoms with Crippen LogP contribution in [0.4, 0.5) is 0 Å². The highest BCUT2D eigenvalue weighted by atomic mass is 16.3. The quantitative estimate of drug-likeness (QED) is 0.852. The Morgan fingerprint density at radius 1 is 1.31 bits per heavy atom. The van der Waals surface area contributed by atoms with E-state index in [9.17, 15) is 5.11 Å². The van der Waals surface area contributed by atoms with Gasteiger partial charge in [-0.2, -0.15) is 0 Å². The zero-order valence-corrected chi connectivity index (χ0v) is 9.37. The molecule has 0 bridgehead atoms. The molecule has 0 fully saturated rings. The second-order valence-corrected chi connectivity index (χ2v) is 3.79. The van der Waals surface area contributed by atoms with Crippen LogP contribution in [0.2, 0.25) is 0 Å². The molecule has 84 valence electrons. The molecule has 0 aliphatic rings. The minimum absolute atomic E-state index is 0.636. The number of aliphatic hydroxyl groups excluding tert-OH is 1. The fraction of sp³-hybridized carbons (Fsp3) is 0.308. The summed E-state index contributed by atoms with van der Waals surface area (Å²) in [5.74, 6) is 0.716. The Balaban J connectivity index is 2.27. The molecule has 0 aliphatic heterocycles. The molecule has 0 spiro atoms. The van der Waals surface area contributed by atoms with E-state index < -0.39 is 6.10 Å². The predicted octanol–water partition coefficient (Wildman–Crippen LogP) is 2.37. The maximum Gasteiger partial charge on any atom is 0.142 e. The van der Waals surface area contributed by atoms with E-state index >= 15 is 0 Å². The van der Waals surface area contributed by atoms with Crippen LogP contribution in [0.1, 0.15) is 30.8 Å². The predicted molar refractivity (Wildman–Crippen MR) is 63.0 cm³/mol. The fourth-order valence-electron chi connectivity index (χ4n) is 1.78. The molecule has 1 N–H and O–H groups in total. The van der Waals surface area contributed by atoms with Gasteiger partial charge in [0.05, 0.1) is 0 Å². The van der Waals surface area contributed by atoms with Crippen LogP contribution >= 0.6 is 0 Å². The lowest BCUT2D eigenvalue weighted by Crippen LogP contribution is -2.09. The molecule has 1 aromatic heterocycles. The average molecular weight is 216 g/mol. The van der Waals surface area contributed by atoms with Crippen molar-refractivity contribution >= 4 is 0 Å². The summed E-state index contributed by atoms with van der Waals surface area (Å²) in [7, 11) is 0. The lowest BCUT2D eigenvalue weighted by molar-refractivity contribution is 0.204. The molecule has 3 nitrogen and oxygen atoms in total. The van der Waals surface area contributed by atoms with Crippen LogP contribution in [0.15, 0.2) is 42.7 Å². The molecule has 3 heteroatoms. The Hall–Kier alpha value is -1.61. The molecule has 1 heterocycles. The summed E-state index contributed by atoms with van der Waals surface area (Å²) in [6, 6.07) is 9.61. The van der Waals surface area contributed by atoms with E-state index in [0.29, 0.717) is 5.82 Å². The first kappa shape index (κ1) is 10.9. The average Bonchev–Trinajstić information content (AvgIpc) is 2.78. The van der Waals surface area contributed by atoms with Crippen LogP contribution in [0.5, 0.6) is 0 Å². The first-order chi connectivity index (χ1) is 7.83. The van der Waals surface area contributed by atoms with Crippen LogP contribution in [0, 0.1) is 0 Å². The molecular formula is C13H16N2O. The Morgan fingerprint density at radius 3 is 2.75 bits per heavy atom. The van der Waals surface area contributed by atoms with Gasteiger partial charge in [0.2, 0.25) is 0 Å². The van der Waals surface area contributed by atoms with E-state index in [-0.39, 0.29) is 0 Å². The van der Waals surface area contributed by atoms with E-state index in [4.69, 9.17) is 0 Å². The molecule has 0 aliphatic carbocycles. The summed E-state index contributed by atoms with van der Waals surface area (Å²) >= 11 is 0. The summed E-state index contributed by atoms with van der Waals surface area (Å²) in [6.07, 6.45) is 4.04. The maximum atomic E-state index is 10.2. The van der Waals surface area contributed by atoms with E-state index in [1.54, 1.807) is 6.20 Å². The molecule has 0 saturated carbocycles. The lowest BCUT2D eigenvalue weighted by atomic mass is 10.1. The van der Waals surface area contributed by atoms with Gasteiger partial charge >= 0.3 is 0 Å². The summed E-state index contributed by atoms with van der Waals surface area (Å²) in [5, 5.41) is 10.2. The van der Waals surface area contributed by atoms with Gasteiger partial charge in [0.25, 0.3) is 0 Å². The van der Waals surface area contributed by atoms with Crippen molar-refractivity contribution in [2.45, 2.75) is 26.0 Å². The molecule has 0 radical (unpaired) electrons. The zero-order valence-electron chi connectivity index (χ0n) is 9.37. The second-order valence-electron chi connectivity index (χ2n) is 3.79. The van der Waals surface area contributed by atoms with E-state index in [0.717, 1.165) is 18.5 Å². The minimum atomic E-state index is -0.636. The monoisotopic (exact) mass is 216 g/mol. The van der Waals surface area contributed by atoms with Gasteiger partial charge in [0.15, 0.2) is 0 Å². The van der Waals surface area contributed by atoms with Crippen LogP contribution in [0.3, 0.4) is 0 Å². The highest BCUT2D eigenvalue weighted by Gasteiger charge is 2.14. The number of aromatic nitrogens is 2. The Morgan fingerprint density at radius 2 is 2.06 bits per heavy atom. The van der Waals surface area contributed by atoms with Gasteiger partial charge in [-0.1, -0.05) is 37.3 Å². The van der Waals surface area contributed by atoms with E-state index in [1.165, 1.54) is 0 Å². The number of aliphatic hydroxyl groups is 1. The normalized spacial score (nSPS) is 12.6. The number of rotatable bonds is 4. The van der Waals surface area contributed by atoms with Crippen LogP contribution in [0.25, 0.3) is 0 Å². The van der Waals surface area contributed by atoms with Gasteiger partial charge in [-0.3, -0.25) is 0 Å². The molecule has 2 aromatic rings.